The van der Waals surface area contributed by atoms with Crippen molar-refractivity contribution in [2.75, 3.05) is 13.1 Å². The number of hydrogen-bond acceptors (Lipinski definition) is 5. The van der Waals surface area contributed by atoms with E-state index in [0.717, 1.165) is 9.54 Å². The number of piperidine rings is 1. The van der Waals surface area contributed by atoms with Crippen LogP contribution < -0.4 is 10.1 Å². The smallest absolute Gasteiger partial charge is 0.467 e. The van der Waals surface area contributed by atoms with Gasteiger partial charge in [-0.25, -0.2) is 4.79 Å². The van der Waals surface area contributed by atoms with E-state index in [2.05, 4.69) is 26.1 Å². The summed E-state index contributed by atoms with van der Waals surface area (Å²) in [5.74, 6) is -2.18. The Labute approximate surface area is 143 Å². The van der Waals surface area contributed by atoms with Gasteiger partial charge in [0.25, 0.3) is 5.91 Å². The molecule has 0 radical (unpaired) electrons. The second-order valence-corrected chi connectivity index (χ2v) is 6.41. The zero-order chi connectivity index (χ0) is 17.5. The number of carbonyl (C=O) groups is 2. The molecule has 1 amide bonds. The summed E-state index contributed by atoms with van der Waals surface area (Å²) in [7, 11) is 0. The minimum absolute atomic E-state index is 0.00790. The molecule has 2 aliphatic heterocycles. The van der Waals surface area contributed by atoms with Crippen LogP contribution >= 0.6 is 15.9 Å². The van der Waals surface area contributed by atoms with Crippen molar-refractivity contribution in [1.29, 1.82) is 0 Å². The predicted molar refractivity (Wildman–Crippen MR) is 77.9 cm³/mol. The Bertz CT molecular complexity index is 687. The third kappa shape index (κ3) is 3.34. The van der Waals surface area contributed by atoms with Gasteiger partial charge in [-0.2, -0.15) is 13.2 Å². The van der Waals surface area contributed by atoms with Crippen LogP contribution in [0.4, 0.5) is 13.2 Å². The number of amides is 1. The fourth-order valence-electron chi connectivity index (χ4n) is 2.61. The van der Waals surface area contributed by atoms with Crippen molar-refractivity contribution in [3.63, 3.8) is 0 Å². The average Bonchev–Trinajstić information content (AvgIpc) is 2.50. The molecule has 0 aliphatic carbocycles. The first kappa shape index (κ1) is 17.0. The second kappa shape index (κ2) is 5.92. The summed E-state index contributed by atoms with van der Waals surface area (Å²) < 4.78 is 43.2. The van der Waals surface area contributed by atoms with Crippen molar-refractivity contribution in [3.05, 3.63) is 28.2 Å². The van der Waals surface area contributed by atoms with Crippen molar-refractivity contribution < 1.29 is 32.3 Å². The Morgan fingerprint density at radius 1 is 1.33 bits per heavy atom. The van der Waals surface area contributed by atoms with Gasteiger partial charge < -0.3 is 14.9 Å². The van der Waals surface area contributed by atoms with Crippen LogP contribution in [0.3, 0.4) is 0 Å². The van der Waals surface area contributed by atoms with Gasteiger partial charge in [0.15, 0.2) is 5.72 Å². The average molecular weight is 409 g/mol. The summed E-state index contributed by atoms with van der Waals surface area (Å²) in [5.41, 5.74) is -0.639. The van der Waals surface area contributed by atoms with Gasteiger partial charge in [-0.1, -0.05) is 15.9 Å². The molecule has 1 N–H and O–H groups in total. The van der Waals surface area contributed by atoms with Gasteiger partial charge in [0.2, 0.25) is 0 Å². The van der Waals surface area contributed by atoms with Crippen LogP contribution in [0.2, 0.25) is 0 Å². The second-order valence-electron chi connectivity index (χ2n) is 5.50. The van der Waals surface area contributed by atoms with Gasteiger partial charge in [0.1, 0.15) is 5.75 Å². The Hall–Kier alpha value is -1.81. The van der Waals surface area contributed by atoms with Gasteiger partial charge >= 0.3 is 12.1 Å². The molecule has 6 nitrogen and oxygen atoms in total. The Morgan fingerprint density at radius 3 is 2.62 bits per heavy atom. The highest BCUT2D eigenvalue weighted by Crippen LogP contribution is 2.35. The molecule has 1 saturated heterocycles. The topological polar surface area (TPSA) is 67.9 Å². The number of ether oxygens (including phenoxy) is 1. The number of nitrogens with zero attached hydrogens (tertiary/aromatic N) is 1. The van der Waals surface area contributed by atoms with Gasteiger partial charge in [0.05, 0.1) is 5.56 Å². The van der Waals surface area contributed by atoms with Crippen LogP contribution in [0.1, 0.15) is 23.2 Å². The first-order valence-corrected chi connectivity index (χ1v) is 7.83. The number of nitrogens with one attached hydrogen (secondary N) is 1. The Kier molecular flexibility index (Phi) is 4.20. The molecule has 2 aliphatic rings. The lowest BCUT2D eigenvalue weighted by Crippen LogP contribution is -2.61. The number of benzene rings is 1. The minimum Gasteiger partial charge on any atom is -0.467 e. The lowest BCUT2D eigenvalue weighted by Gasteiger charge is -2.43. The first-order valence-electron chi connectivity index (χ1n) is 7.04. The van der Waals surface area contributed by atoms with Crippen LogP contribution in [0.25, 0.3) is 0 Å². The maximum absolute atomic E-state index is 12.2. The zero-order valence-electron chi connectivity index (χ0n) is 12.2. The number of carbonyl (C=O) groups excluding carboxylic acids is 2. The van der Waals surface area contributed by atoms with Crippen molar-refractivity contribution in [2.45, 2.75) is 24.7 Å². The quantitative estimate of drug-likeness (QED) is 0.772. The molecular formula is C14H12BrF3N2O4. The molecule has 130 valence electrons. The van der Waals surface area contributed by atoms with Gasteiger partial charge in [-0.05, 0) is 18.2 Å². The van der Waals surface area contributed by atoms with E-state index >= 15 is 0 Å². The molecule has 3 rings (SSSR count). The van der Waals surface area contributed by atoms with Crippen LogP contribution in [0, 0.1) is 0 Å². The van der Waals surface area contributed by atoms with Crippen LogP contribution in [-0.4, -0.2) is 41.9 Å². The van der Waals surface area contributed by atoms with Crippen molar-refractivity contribution in [1.82, 2.24) is 10.4 Å². The van der Waals surface area contributed by atoms with E-state index in [1.165, 1.54) is 0 Å². The van der Waals surface area contributed by atoms with Gasteiger partial charge in [-0.15, -0.1) is 5.06 Å². The van der Waals surface area contributed by atoms with E-state index in [4.69, 9.17) is 4.74 Å². The summed E-state index contributed by atoms with van der Waals surface area (Å²) in [5, 5.41) is 3.67. The van der Waals surface area contributed by atoms with E-state index < -0.39 is 17.9 Å². The lowest BCUT2D eigenvalue weighted by atomic mass is 9.98. The predicted octanol–water partition coefficient (Wildman–Crippen LogP) is 2.38. The van der Waals surface area contributed by atoms with Gasteiger partial charge in [-0.3, -0.25) is 4.79 Å². The maximum atomic E-state index is 12.2. The van der Waals surface area contributed by atoms with Crippen LogP contribution in [0.5, 0.6) is 5.75 Å². The SMILES string of the molecule is O=C1NC2(CCN(OC(=O)C(F)(F)F)CC2)Oc2ccc(Br)cc21. The molecule has 10 heteroatoms. The fourth-order valence-corrected chi connectivity index (χ4v) is 2.97. The molecule has 24 heavy (non-hydrogen) atoms. The van der Waals surface area contributed by atoms with E-state index in [9.17, 15) is 22.8 Å². The van der Waals surface area contributed by atoms with Crippen molar-refractivity contribution >= 4 is 27.8 Å². The molecule has 2 heterocycles. The third-order valence-corrected chi connectivity index (χ3v) is 4.30. The summed E-state index contributed by atoms with van der Waals surface area (Å²) in [6, 6.07) is 5.00. The molecule has 1 aromatic carbocycles. The highest BCUT2D eigenvalue weighted by molar-refractivity contribution is 9.10. The number of hydroxylamine groups is 2. The van der Waals surface area contributed by atoms with E-state index in [-0.39, 0.29) is 31.8 Å². The molecule has 0 unspecified atom stereocenters. The molecule has 0 aromatic heterocycles. The molecule has 1 fully saturated rings. The summed E-state index contributed by atoms with van der Waals surface area (Å²) in [4.78, 5) is 27.4. The maximum Gasteiger partial charge on any atom is 0.492 e. The molecule has 0 saturated carbocycles. The van der Waals surface area contributed by atoms with E-state index in [1.54, 1.807) is 18.2 Å². The lowest BCUT2D eigenvalue weighted by molar-refractivity contribution is -0.246. The highest BCUT2D eigenvalue weighted by atomic mass is 79.9. The summed E-state index contributed by atoms with van der Waals surface area (Å²) in [6.07, 6.45) is -4.68. The highest BCUT2D eigenvalue weighted by Gasteiger charge is 2.46. The van der Waals surface area contributed by atoms with Crippen molar-refractivity contribution in [2.24, 2.45) is 0 Å². The Morgan fingerprint density at radius 2 is 2.00 bits per heavy atom. The molecule has 1 aromatic rings. The van der Waals surface area contributed by atoms with Crippen LogP contribution in [0.15, 0.2) is 22.7 Å². The van der Waals surface area contributed by atoms with Gasteiger partial charge in [0, 0.05) is 30.4 Å². The van der Waals surface area contributed by atoms with Crippen LogP contribution in [-0.2, 0) is 9.63 Å². The number of hydrogen-bond donors (Lipinski definition) is 1. The standard InChI is InChI=1S/C14H12BrF3N2O4/c15-8-1-2-10-9(7-8)11(21)19-13(23-10)3-5-20(6-4-13)24-12(22)14(16,17)18/h1-2,7H,3-6H2,(H,19,21). The fraction of sp³-hybridized carbons (Fsp3) is 0.429. The molecule has 1 spiro atoms. The third-order valence-electron chi connectivity index (χ3n) is 3.81. The number of halogens is 4. The molecule has 0 bridgehead atoms. The largest absolute Gasteiger partial charge is 0.492 e. The number of fused-ring (bicyclic) bond motifs is 1. The number of rotatable bonds is 1. The molecular weight excluding hydrogens is 397 g/mol. The molecule has 0 atom stereocenters. The zero-order valence-corrected chi connectivity index (χ0v) is 13.7. The first-order chi connectivity index (χ1) is 11.2. The van der Waals surface area contributed by atoms with Crippen molar-refractivity contribution in [3.8, 4) is 5.75 Å². The normalized spacial score (nSPS) is 20.1. The van der Waals surface area contributed by atoms with E-state index in [0.29, 0.717) is 11.3 Å². The number of alkyl halides is 3. The van der Waals surface area contributed by atoms with E-state index in [1.807, 2.05) is 0 Å². The summed E-state index contributed by atoms with van der Waals surface area (Å²) in [6.45, 7) is 0.0158. The summed E-state index contributed by atoms with van der Waals surface area (Å²) >= 11 is 3.27. The minimum atomic E-state index is -5.04. The monoisotopic (exact) mass is 408 g/mol. The Balaban J connectivity index is 1.67.